The molecule has 0 bridgehead atoms. The average Bonchev–Trinajstić information content (AvgIpc) is 3.45. The first-order chi connectivity index (χ1) is 21.7. The van der Waals surface area contributed by atoms with Gasteiger partial charge in [0.2, 0.25) is 0 Å². The van der Waals surface area contributed by atoms with E-state index in [1.165, 1.54) is 19.3 Å². The lowest BCUT2D eigenvalue weighted by Gasteiger charge is -2.36. The molecule has 5 rings (SSSR count). The Morgan fingerprint density at radius 2 is 1.78 bits per heavy atom. The molecule has 1 saturated heterocycles. The number of carbonyl (C=O) groups is 2. The smallest absolute Gasteiger partial charge is 0.410 e. The predicted octanol–water partition coefficient (Wildman–Crippen LogP) is 5.31. The lowest BCUT2D eigenvalue weighted by Crippen LogP contribution is -2.50. The molecule has 3 aromatic heterocycles. The standard InChI is InChI=1S/C31H35ClFN7O5S/c1-6-38(5)46(43,44)37-24-9-8-23(33)26(27(24)32)28(41)22-18-36-29-21(22)15-20(17-35-29)19-7-10-25(34-16-19)39-11-13-40(14-12-39)30(42)45-31(2,3)4/h7-10,15-18,37H,6,11-14H2,1-5H3,(H,35,36). The van der Waals surface area contributed by atoms with E-state index in [0.29, 0.717) is 42.8 Å². The highest BCUT2D eigenvalue weighted by molar-refractivity contribution is 7.90. The molecular weight excluding hydrogens is 637 g/mol. The van der Waals surface area contributed by atoms with Crippen LogP contribution in [0.2, 0.25) is 5.02 Å². The number of fused-ring (bicyclic) bond motifs is 1. The van der Waals surface area contributed by atoms with Gasteiger partial charge in [0.15, 0.2) is 5.78 Å². The zero-order valence-electron chi connectivity index (χ0n) is 26.1. The number of carbonyl (C=O) groups excluding carboxylic acids is 2. The molecule has 1 fully saturated rings. The largest absolute Gasteiger partial charge is 0.444 e. The molecule has 1 aromatic carbocycles. The van der Waals surface area contributed by atoms with Crippen molar-refractivity contribution in [1.29, 1.82) is 0 Å². The number of rotatable bonds is 8. The Kier molecular flexibility index (Phi) is 9.25. The number of halogens is 2. The molecule has 0 radical (unpaired) electrons. The number of nitrogens with one attached hydrogen (secondary N) is 2. The summed E-state index contributed by atoms with van der Waals surface area (Å²) in [7, 11) is -2.59. The number of piperazine rings is 1. The molecule has 12 nitrogen and oxygen atoms in total. The normalized spacial score (nSPS) is 14.2. The zero-order chi connectivity index (χ0) is 33.4. The first-order valence-electron chi connectivity index (χ1n) is 14.6. The third-order valence-electron chi connectivity index (χ3n) is 7.53. The number of anilines is 2. The van der Waals surface area contributed by atoms with Gasteiger partial charge in [0, 0.05) is 80.4 Å². The summed E-state index contributed by atoms with van der Waals surface area (Å²) in [5.74, 6) is -0.881. The van der Waals surface area contributed by atoms with Gasteiger partial charge in [-0.05, 0) is 51.1 Å². The van der Waals surface area contributed by atoms with Crippen molar-refractivity contribution >= 4 is 56.2 Å². The van der Waals surface area contributed by atoms with E-state index < -0.39 is 33.0 Å². The number of nitrogens with zero attached hydrogens (tertiary/aromatic N) is 5. The number of hydrogen-bond donors (Lipinski definition) is 2. The molecule has 0 saturated carbocycles. The number of benzene rings is 1. The van der Waals surface area contributed by atoms with E-state index in [-0.39, 0.29) is 28.9 Å². The lowest BCUT2D eigenvalue weighted by atomic mass is 10.0. The van der Waals surface area contributed by atoms with Crippen LogP contribution in [0.3, 0.4) is 0 Å². The van der Waals surface area contributed by atoms with Crippen molar-refractivity contribution in [3.63, 3.8) is 0 Å². The maximum Gasteiger partial charge on any atom is 0.410 e. The maximum absolute atomic E-state index is 15.0. The Labute approximate surface area is 271 Å². The van der Waals surface area contributed by atoms with Gasteiger partial charge in [-0.15, -0.1) is 0 Å². The fourth-order valence-electron chi connectivity index (χ4n) is 4.90. The molecule has 2 N–H and O–H groups in total. The summed E-state index contributed by atoms with van der Waals surface area (Å²) in [6, 6.07) is 7.67. The molecule has 4 heterocycles. The van der Waals surface area contributed by atoms with Crippen molar-refractivity contribution in [1.82, 2.24) is 24.2 Å². The topological polar surface area (TPSA) is 141 Å². The minimum atomic E-state index is -3.97. The second-order valence-corrected chi connectivity index (χ2v) is 14.0. The van der Waals surface area contributed by atoms with E-state index in [4.69, 9.17) is 16.3 Å². The second-order valence-electron chi connectivity index (χ2n) is 11.8. The molecule has 1 aliphatic rings. The van der Waals surface area contributed by atoms with Crippen LogP contribution in [0.4, 0.5) is 20.7 Å². The predicted molar refractivity (Wildman–Crippen MR) is 175 cm³/mol. The number of H-pyrrole nitrogens is 1. The van der Waals surface area contributed by atoms with E-state index in [9.17, 15) is 18.0 Å². The number of aromatic nitrogens is 3. The van der Waals surface area contributed by atoms with Crippen LogP contribution in [0.1, 0.15) is 43.6 Å². The average molecular weight is 672 g/mol. The lowest BCUT2D eigenvalue weighted by molar-refractivity contribution is 0.0240. The van der Waals surface area contributed by atoms with Crippen molar-refractivity contribution in [2.75, 3.05) is 49.4 Å². The van der Waals surface area contributed by atoms with Crippen LogP contribution in [0, 0.1) is 5.82 Å². The summed E-state index contributed by atoms with van der Waals surface area (Å²) < 4.78 is 49.0. The summed E-state index contributed by atoms with van der Waals surface area (Å²) in [6.45, 7) is 9.59. The summed E-state index contributed by atoms with van der Waals surface area (Å²) in [5, 5.41) is 0.0697. The highest BCUT2D eigenvalue weighted by Gasteiger charge is 2.28. The van der Waals surface area contributed by atoms with Crippen LogP contribution >= 0.6 is 11.6 Å². The minimum absolute atomic E-state index is 0.114. The minimum Gasteiger partial charge on any atom is -0.444 e. The van der Waals surface area contributed by atoms with Crippen LogP contribution in [0.25, 0.3) is 22.2 Å². The Bertz CT molecular complexity index is 1890. The first-order valence-corrected chi connectivity index (χ1v) is 16.4. The highest BCUT2D eigenvalue weighted by atomic mass is 35.5. The fourth-order valence-corrected chi connectivity index (χ4v) is 6.18. The van der Waals surface area contributed by atoms with Gasteiger partial charge in [-0.1, -0.05) is 18.5 Å². The van der Waals surface area contributed by atoms with Gasteiger partial charge in [0.25, 0.3) is 0 Å². The molecule has 46 heavy (non-hydrogen) atoms. The van der Waals surface area contributed by atoms with Crippen molar-refractivity contribution in [2.45, 2.75) is 33.3 Å². The van der Waals surface area contributed by atoms with Crippen molar-refractivity contribution in [3.8, 4) is 11.1 Å². The molecule has 4 aromatic rings. The molecule has 1 aliphatic heterocycles. The van der Waals surface area contributed by atoms with Crippen LogP contribution in [-0.4, -0.2) is 89.8 Å². The van der Waals surface area contributed by atoms with Crippen LogP contribution < -0.4 is 9.62 Å². The van der Waals surface area contributed by atoms with Gasteiger partial charge in [-0.3, -0.25) is 9.52 Å². The molecule has 0 spiro atoms. The molecular formula is C31H35ClFN7O5S. The summed E-state index contributed by atoms with van der Waals surface area (Å²) in [5.41, 5.74) is 0.783. The molecule has 0 aliphatic carbocycles. The van der Waals surface area contributed by atoms with E-state index in [1.54, 1.807) is 30.3 Å². The highest BCUT2D eigenvalue weighted by Crippen LogP contribution is 2.33. The Hall–Kier alpha value is -4.27. The molecule has 1 amide bonds. The monoisotopic (exact) mass is 671 g/mol. The van der Waals surface area contributed by atoms with E-state index in [0.717, 1.165) is 21.8 Å². The second kappa shape index (κ2) is 12.9. The number of ether oxygens (including phenoxy) is 1. The molecule has 15 heteroatoms. The van der Waals surface area contributed by atoms with Crippen LogP contribution in [0.15, 0.2) is 48.9 Å². The Balaban J connectivity index is 1.36. The summed E-state index contributed by atoms with van der Waals surface area (Å²) in [6.07, 6.45) is 4.42. The van der Waals surface area contributed by atoms with Gasteiger partial charge in [0.05, 0.1) is 16.3 Å². The Morgan fingerprint density at radius 1 is 1.09 bits per heavy atom. The van der Waals surface area contributed by atoms with E-state index >= 15 is 4.39 Å². The van der Waals surface area contributed by atoms with Crippen molar-refractivity contribution in [2.24, 2.45) is 0 Å². The van der Waals surface area contributed by atoms with Gasteiger partial charge in [-0.2, -0.15) is 12.7 Å². The summed E-state index contributed by atoms with van der Waals surface area (Å²) >= 11 is 6.42. The number of hydrogen-bond acceptors (Lipinski definition) is 8. The third-order valence-corrected chi connectivity index (χ3v) is 9.47. The molecule has 0 atom stereocenters. The molecule has 244 valence electrons. The number of aromatic amines is 1. The fraction of sp³-hybridized carbons (Fsp3) is 0.355. The number of pyridine rings is 2. The Morgan fingerprint density at radius 3 is 2.41 bits per heavy atom. The van der Waals surface area contributed by atoms with E-state index in [1.807, 2.05) is 32.9 Å². The van der Waals surface area contributed by atoms with Gasteiger partial charge < -0.3 is 19.5 Å². The quantitative estimate of drug-likeness (QED) is 0.240. The molecule has 0 unspecified atom stereocenters. The summed E-state index contributed by atoms with van der Waals surface area (Å²) in [4.78, 5) is 41.8. The van der Waals surface area contributed by atoms with Crippen molar-refractivity contribution < 1.29 is 27.1 Å². The first kappa shape index (κ1) is 33.1. The van der Waals surface area contributed by atoms with Crippen LogP contribution in [-0.2, 0) is 14.9 Å². The van der Waals surface area contributed by atoms with Crippen molar-refractivity contribution in [3.05, 3.63) is 70.9 Å². The van der Waals surface area contributed by atoms with Gasteiger partial charge >= 0.3 is 16.3 Å². The zero-order valence-corrected chi connectivity index (χ0v) is 27.7. The third kappa shape index (κ3) is 6.93. The SMILES string of the molecule is CCN(C)S(=O)(=O)Nc1ccc(F)c(C(=O)c2c[nH]c3ncc(-c4ccc(N5CCN(C(=O)OC(C)(C)C)CC5)nc4)cc23)c1Cl. The van der Waals surface area contributed by atoms with Crippen LogP contribution in [0.5, 0.6) is 0 Å². The number of amides is 1. The number of ketones is 1. The van der Waals surface area contributed by atoms with Gasteiger partial charge in [0.1, 0.15) is 22.9 Å². The maximum atomic E-state index is 15.0. The van der Waals surface area contributed by atoms with Gasteiger partial charge in [-0.25, -0.2) is 19.2 Å². The van der Waals surface area contributed by atoms with E-state index in [2.05, 4.69) is 24.6 Å².